The van der Waals surface area contributed by atoms with E-state index in [1.807, 2.05) is 0 Å². The van der Waals surface area contributed by atoms with Gasteiger partial charge in [0.15, 0.2) is 0 Å². The topological polar surface area (TPSA) is 38.5 Å². The minimum absolute atomic E-state index is 0. The minimum Gasteiger partial charge on any atom is -0.379 e. The Bertz CT molecular complexity index is 174. The van der Waals surface area contributed by atoms with Crippen molar-refractivity contribution in [2.45, 2.75) is 33.1 Å². The van der Waals surface area contributed by atoms with Crippen molar-refractivity contribution in [3.63, 3.8) is 0 Å². The summed E-state index contributed by atoms with van der Waals surface area (Å²) < 4.78 is 5.41. The molecule has 0 saturated carbocycles. The van der Waals surface area contributed by atoms with Crippen LogP contribution in [0.15, 0.2) is 0 Å². The van der Waals surface area contributed by atoms with E-state index in [9.17, 15) is 0 Å². The van der Waals surface area contributed by atoms with E-state index in [0.29, 0.717) is 18.6 Å². The molecule has 3 nitrogen and oxygen atoms in total. The van der Waals surface area contributed by atoms with E-state index in [0.717, 1.165) is 13.2 Å². The summed E-state index contributed by atoms with van der Waals surface area (Å²) in [5.41, 5.74) is 5.96. The maximum Gasteiger partial charge on any atom is 0.0594 e. The lowest BCUT2D eigenvalue weighted by Crippen LogP contribution is -2.29. The summed E-state index contributed by atoms with van der Waals surface area (Å²) >= 11 is 0. The van der Waals surface area contributed by atoms with Crippen LogP contribution in [0.2, 0.25) is 0 Å². The highest BCUT2D eigenvalue weighted by Gasteiger charge is 2.34. The smallest absolute Gasteiger partial charge is 0.0594 e. The quantitative estimate of drug-likeness (QED) is 0.702. The van der Waals surface area contributed by atoms with Crippen LogP contribution >= 0.6 is 12.4 Å². The van der Waals surface area contributed by atoms with E-state index in [1.54, 1.807) is 0 Å². The van der Waals surface area contributed by atoms with Gasteiger partial charge in [0.1, 0.15) is 0 Å². The molecule has 2 N–H and O–H groups in total. The monoisotopic (exact) mass is 250 g/mol. The van der Waals surface area contributed by atoms with Gasteiger partial charge in [0.2, 0.25) is 0 Å². The van der Waals surface area contributed by atoms with Crippen LogP contribution in [0.3, 0.4) is 0 Å². The van der Waals surface area contributed by atoms with Gasteiger partial charge >= 0.3 is 0 Å². The van der Waals surface area contributed by atoms with Crippen LogP contribution in [0.5, 0.6) is 0 Å². The zero-order valence-corrected chi connectivity index (χ0v) is 11.5. The van der Waals surface area contributed by atoms with E-state index >= 15 is 0 Å². The second-order valence-corrected chi connectivity index (χ2v) is 4.63. The molecule has 1 fully saturated rings. The highest BCUT2D eigenvalue weighted by Crippen LogP contribution is 2.36. The fourth-order valence-corrected chi connectivity index (χ4v) is 2.42. The van der Waals surface area contributed by atoms with Gasteiger partial charge in [0, 0.05) is 19.6 Å². The van der Waals surface area contributed by atoms with E-state index in [1.165, 1.54) is 32.4 Å². The number of hydrogen-bond donors (Lipinski definition) is 1. The minimum atomic E-state index is 0. The Morgan fingerprint density at radius 2 is 1.94 bits per heavy atom. The number of rotatable bonds is 7. The van der Waals surface area contributed by atoms with Crippen LogP contribution in [0.1, 0.15) is 33.1 Å². The molecular weight excluding hydrogens is 224 g/mol. The molecule has 0 atom stereocenters. The molecule has 1 heterocycles. The highest BCUT2D eigenvalue weighted by atomic mass is 35.5. The maximum absolute atomic E-state index is 5.41. The van der Waals surface area contributed by atoms with Crippen molar-refractivity contribution < 1.29 is 4.74 Å². The number of halogens is 1. The van der Waals surface area contributed by atoms with E-state index in [-0.39, 0.29) is 12.4 Å². The van der Waals surface area contributed by atoms with Gasteiger partial charge in [0.25, 0.3) is 0 Å². The first-order valence-electron chi connectivity index (χ1n) is 6.26. The first-order valence-corrected chi connectivity index (χ1v) is 6.26. The molecule has 1 aliphatic rings. The highest BCUT2D eigenvalue weighted by molar-refractivity contribution is 5.85. The molecule has 1 aliphatic heterocycles. The molecule has 1 rings (SSSR count). The SMILES string of the molecule is CCC1(CC)CCN(CCOCCN)C1.Cl. The molecule has 1 saturated heterocycles. The zero-order chi connectivity index (χ0) is 11.1. The van der Waals surface area contributed by atoms with Crippen LogP contribution in [0, 0.1) is 5.41 Å². The van der Waals surface area contributed by atoms with Crippen LogP contribution in [0.4, 0.5) is 0 Å². The molecule has 0 aliphatic carbocycles. The van der Waals surface area contributed by atoms with E-state index < -0.39 is 0 Å². The summed E-state index contributed by atoms with van der Waals surface area (Å²) in [6, 6.07) is 0. The predicted molar refractivity (Wildman–Crippen MR) is 71.2 cm³/mol. The Kier molecular flexibility index (Phi) is 8.38. The van der Waals surface area contributed by atoms with Crippen molar-refractivity contribution in [1.82, 2.24) is 4.90 Å². The summed E-state index contributed by atoms with van der Waals surface area (Å²) in [5.74, 6) is 0. The van der Waals surface area contributed by atoms with Gasteiger partial charge in [-0.15, -0.1) is 12.4 Å². The van der Waals surface area contributed by atoms with E-state index in [4.69, 9.17) is 10.5 Å². The van der Waals surface area contributed by atoms with Crippen molar-refractivity contribution >= 4 is 12.4 Å². The lowest BCUT2D eigenvalue weighted by molar-refractivity contribution is 0.111. The third-order valence-corrected chi connectivity index (χ3v) is 3.83. The zero-order valence-electron chi connectivity index (χ0n) is 10.7. The number of nitrogens with two attached hydrogens (primary N) is 1. The molecule has 0 spiro atoms. The standard InChI is InChI=1S/C12H26N2O.ClH/c1-3-12(4-2)5-7-14(11-12)8-10-15-9-6-13;/h3-11,13H2,1-2H3;1H. The van der Waals surface area contributed by atoms with Gasteiger partial charge in [-0.2, -0.15) is 0 Å². The van der Waals surface area contributed by atoms with Gasteiger partial charge in [-0.3, -0.25) is 0 Å². The lowest BCUT2D eigenvalue weighted by Gasteiger charge is -2.26. The molecule has 0 aromatic heterocycles. The van der Waals surface area contributed by atoms with Crippen molar-refractivity contribution in [1.29, 1.82) is 0 Å². The Hall–Kier alpha value is 0.170. The van der Waals surface area contributed by atoms with Gasteiger partial charge in [-0.25, -0.2) is 0 Å². The largest absolute Gasteiger partial charge is 0.379 e. The first-order chi connectivity index (χ1) is 7.26. The average molecular weight is 251 g/mol. The van der Waals surface area contributed by atoms with Crippen LogP contribution in [-0.2, 0) is 4.74 Å². The third-order valence-electron chi connectivity index (χ3n) is 3.83. The molecule has 16 heavy (non-hydrogen) atoms. The Balaban J connectivity index is 0.00000225. The van der Waals surface area contributed by atoms with Crippen LogP contribution in [0.25, 0.3) is 0 Å². The lowest BCUT2D eigenvalue weighted by atomic mass is 9.82. The van der Waals surface area contributed by atoms with Crippen molar-refractivity contribution in [3.05, 3.63) is 0 Å². The Morgan fingerprint density at radius 3 is 2.44 bits per heavy atom. The second kappa shape index (κ2) is 8.29. The van der Waals surface area contributed by atoms with Crippen molar-refractivity contribution in [2.24, 2.45) is 11.1 Å². The van der Waals surface area contributed by atoms with Gasteiger partial charge < -0.3 is 15.4 Å². The molecule has 4 heteroatoms. The number of likely N-dealkylation sites (tertiary alicyclic amines) is 1. The molecule has 0 aromatic carbocycles. The number of ether oxygens (including phenoxy) is 1. The molecule has 0 unspecified atom stereocenters. The Labute approximate surface area is 106 Å². The van der Waals surface area contributed by atoms with Gasteiger partial charge in [0.05, 0.1) is 13.2 Å². The fraction of sp³-hybridized carbons (Fsp3) is 1.00. The van der Waals surface area contributed by atoms with Crippen molar-refractivity contribution in [2.75, 3.05) is 39.4 Å². The summed E-state index contributed by atoms with van der Waals surface area (Å²) in [6.45, 7) is 10.4. The average Bonchev–Trinajstić information content (AvgIpc) is 2.69. The number of hydrogen-bond acceptors (Lipinski definition) is 3. The third kappa shape index (κ3) is 4.58. The first kappa shape index (κ1) is 16.2. The van der Waals surface area contributed by atoms with Crippen molar-refractivity contribution in [3.8, 4) is 0 Å². The molecule has 0 bridgehead atoms. The summed E-state index contributed by atoms with van der Waals surface area (Å²) in [6.07, 6.45) is 3.98. The Morgan fingerprint density at radius 1 is 1.25 bits per heavy atom. The summed E-state index contributed by atoms with van der Waals surface area (Å²) in [7, 11) is 0. The summed E-state index contributed by atoms with van der Waals surface area (Å²) in [5, 5.41) is 0. The molecule has 0 aromatic rings. The summed E-state index contributed by atoms with van der Waals surface area (Å²) in [4.78, 5) is 2.53. The molecular formula is C12H27ClN2O. The predicted octanol–water partition coefficient (Wildman–Crippen LogP) is 1.90. The van der Waals surface area contributed by atoms with E-state index in [2.05, 4.69) is 18.7 Å². The normalized spacial score (nSPS) is 19.7. The number of nitrogens with zero attached hydrogens (tertiary/aromatic N) is 1. The second-order valence-electron chi connectivity index (χ2n) is 4.63. The fourth-order valence-electron chi connectivity index (χ4n) is 2.42. The van der Waals surface area contributed by atoms with Gasteiger partial charge in [-0.1, -0.05) is 13.8 Å². The van der Waals surface area contributed by atoms with Crippen LogP contribution < -0.4 is 5.73 Å². The van der Waals surface area contributed by atoms with Crippen LogP contribution in [-0.4, -0.2) is 44.3 Å². The maximum atomic E-state index is 5.41. The molecule has 0 amide bonds. The molecule has 98 valence electrons. The van der Waals surface area contributed by atoms with Gasteiger partial charge in [-0.05, 0) is 31.2 Å². The molecule has 0 radical (unpaired) electrons.